The van der Waals surface area contributed by atoms with Crippen LogP contribution in [0.2, 0.25) is 0 Å². The molecule has 5 heteroatoms. The first-order valence-electron chi connectivity index (χ1n) is 10.4. The largest absolute Gasteiger partial charge is 0.367 e. The van der Waals surface area contributed by atoms with Gasteiger partial charge in [-0.3, -0.25) is 9.80 Å². The maximum absolute atomic E-state index is 6.36. The Morgan fingerprint density at radius 2 is 1.48 bits per heavy atom. The van der Waals surface area contributed by atoms with Crippen LogP contribution in [0.4, 0.5) is 0 Å². The van der Waals surface area contributed by atoms with E-state index in [1.165, 1.54) is 11.1 Å². The first-order valence-corrected chi connectivity index (χ1v) is 10.4. The molecular weight excluding hydrogens is 362 g/mol. The topological polar surface area (TPSA) is 41.7 Å². The molecule has 0 atom stereocenters. The van der Waals surface area contributed by atoms with Crippen molar-refractivity contribution in [1.29, 1.82) is 0 Å². The van der Waals surface area contributed by atoms with Gasteiger partial charge in [-0.15, -0.1) is 0 Å². The fraction of sp³-hybridized carbons (Fsp3) is 0.375. The van der Waals surface area contributed by atoms with E-state index in [0.717, 1.165) is 57.3 Å². The van der Waals surface area contributed by atoms with Crippen molar-refractivity contribution < 1.29 is 9.26 Å². The maximum atomic E-state index is 6.36. The zero-order chi connectivity index (χ0) is 19.9. The van der Waals surface area contributed by atoms with Crippen molar-refractivity contribution in [3.63, 3.8) is 0 Å². The summed E-state index contributed by atoms with van der Waals surface area (Å²) in [4.78, 5) is 4.91. The molecular formula is C24H29N3O2. The van der Waals surface area contributed by atoms with E-state index in [1.807, 2.05) is 25.1 Å². The van der Waals surface area contributed by atoms with Crippen LogP contribution in [-0.2, 0) is 11.3 Å². The second kappa shape index (κ2) is 9.83. The Morgan fingerprint density at radius 1 is 0.897 bits per heavy atom. The first kappa shape index (κ1) is 19.8. The van der Waals surface area contributed by atoms with Crippen LogP contribution in [0.1, 0.15) is 28.7 Å². The van der Waals surface area contributed by atoms with Crippen LogP contribution in [0.15, 0.2) is 71.3 Å². The second-order valence-corrected chi connectivity index (χ2v) is 7.62. The lowest BCUT2D eigenvalue weighted by Gasteiger charge is -2.34. The fourth-order valence-corrected chi connectivity index (χ4v) is 3.82. The molecule has 1 aliphatic heterocycles. The number of rotatable bonds is 8. The summed E-state index contributed by atoms with van der Waals surface area (Å²) in [6.07, 6.45) is -0.0200. The molecule has 5 nitrogen and oxygen atoms in total. The normalized spacial score (nSPS) is 15.8. The number of aromatic nitrogens is 1. The summed E-state index contributed by atoms with van der Waals surface area (Å²) in [5.41, 5.74) is 3.35. The van der Waals surface area contributed by atoms with Gasteiger partial charge in [-0.25, -0.2) is 0 Å². The lowest BCUT2D eigenvalue weighted by Crippen LogP contribution is -2.46. The van der Waals surface area contributed by atoms with Crippen LogP contribution in [0.3, 0.4) is 0 Å². The van der Waals surface area contributed by atoms with Crippen molar-refractivity contribution in [2.45, 2.75) is 19.6 Å². The SMILES string of the molecule is Cc1cc(CN2CCN(CCOC(c3ccccc3)c3ccccc3)CC2)on1. The molecule has 2 aromatic carbocycles. The highest BCUT2D eigenvalue weighted by atomic mass is 16.5. The maximum Gasteiger partial charge on any atom is 0.150 e. The number of aryl methyl sites for hydroxylation is 1. The highest BCUT2D eigenvalue weighted by Crippen LogP contribution is 2.25. The molecule has 29 heavy (non-hydrogen) atoms. The summed E-state index contributed by atoms with van der Waals surface area (Å²) in [6.45, 7) is 8.66. The van der Waals surface area contributed by atoms with E-state index in [4.69, 9.17) is 9.26 Å². The third kappa shape index (κ3) is 5.54. The molecule has 0 amide bonds. The molecule has 0 unspecified atom stereocenters. The van der Waals surface area contributed by atoms with Crippen LogP contribution < -0.4 is 0 Å². The van der Waals surface area contributed by atoms with E-state index >= 15 is 0 Å². The Balaban J connectivity index is 1.26. The van der Waals surface area contributed by atoms with Crippen LogP contribution in [0.25, 0.3) is 0 Å². The number of nitrogens with zero attached hydrogens (tertiary/aromatic N) is 3. The summed E-state index contributed by atoms with van der Waals surface area (Å²) in [6, 6.07) is 23.0. The lowest BCUT2D eigenvalue weighted by atomic mass is 10.0. The average Bonchev–Trinajstić information content (AvgIpc) is 3.18. The predicted octanol–water partition coefficient (Wildman–Crippen LogP) is 3.91. The summed E-state index contributed by atoms with van der Waals surface area (Å²) < 4.78 is 11.7. The molecule has 1 aliphatic rings. The lowest BCUT2D eigenvalue weighted by molar-refractivity contribution is 0.0430. The monoisotopic (exact) mass is 391 g/mol. The number of ether oxygens (including phenoxy) is 1. The van der Waals surface area contributed by atoms with Gasteiger partial charge >= 0.3 is 0 Å². The fourth-order valence-electron chi connectivity index (χ4n) is 3.82. The summed E-state index contributed by atoms with van der Waals surface area (Å²) >= 11 is 0. The van der Waals surface area contributed by atoms with E-state index in [9.17, 15) is 0 Å². The van der Waals surface area contributed by atoms with E-state index < -0.39 is 0 Å². The Labute approximate surface area is 172 Å². The van der Waals surface area contributed by atoms with Crippen molar-refractivity contribution in [1.82, 2.24) is 15.0 Å². The third-order valence-electron chi connectivity index (χ3n) is 5.42. The molecule has 1 fully saturated rings. The zero-order valence-electron chi connectivity index (χ0n) is 17.0. The summed E-state index contributed by atoms with van der Waals surface area (Å²) in [7, 11) is 0. The zero-order valence-corrected chi connectivity index (χ0v) is 17.0. The molecule has 0 spiro atoms. The van der Waals surface area contributed by atoms with Crippen molar-refractivity contribution >= 4 is 0 Å². The molecule has 4 rings (SSSR count). The molecule has 0 aliphatic carbocycles. The smallest absolute Gasteiger partial charge is 0.150 e. The van der Waals surface area contributed by atoms with Gasteiger partial charge in [-0.05, 0) is 18.1 Å². The molecule has 2 heterocycles. The van der Waals surface area contributed by atoms with Gasteiger partial charge in [-0.1, -0.05) is 65.8 Å². The Morgan fingerprint density at radius 3 is 2.03 bits per heavy atom. The second-order valence-electron chi connectivity index (χ2n) is 7.62. The molecule has 0 bridgehead atoms. The summed E-state index contributed by atoms with van der Waals surface area (Å²) in [5.74, 6) is 0.952. The van der Waals surface area contributed by atoms with Crippen molar-refractivity contribution in [3.8, 4) is 0 Å². The van der Waals surface area contributed by atoms with Gasteiger partial charge < -0.3 is 9.26 Å². The van der Waals surface area contributed by atoms with Crippen molar-refractivity contribution in [2.75, 3.05) is 39.3 Å². The standard InChI is InChI=1S/C24H29N3O2/c1-20-18-23(29-25-20)19-27-14-12-26(13-15-27)16-17-28-24(21-8-4-2-5-9-21)22-10-6-3-7-11-22/h2-11,18,24H,12-17,19H2,1H3. The number of benzene rings is 2. The number of hydrogen-bond acceptors (Lipinski definition) is 5. The molecule has 152 valence electrons. The van der Waals surface area contributed by atoms with Crippen LogP contribution in [0.5, 0.6) is 0 Å². The minimum absolute atomic E-state index is 0.0200. The first-order chi connectivity index (χ1) is 14.3. The van der Waals surface area contributed by atoms with Crippen LogP contribution in [-0.4, -0.2) is 54.3 Å². The van der Waals surface area contributed by atoms with E-state index in [2.05, 4.69) is 63.5 Å². The van der Waals surface area contributed by atoms with Crippen molar-refractivity contribution in [3.05, 3.63) is 89.3 Å². The molecule has 0 N–H and O–H groups in total. The molecule has 1 aromatic heterocycles. The van der Waals surface area contributed by atoms with Gasteiger partial charge in [0.1, 0.15) is 6.10 Å². The molecule has 0 saturated carbocycles. The van der Waals surface area contributed by atoms with Crippen molar-refractivity contribution in [2.24, 2.45) is 0 Å². The number of piperazine rings is 1. The van der Waals surface area contributed by atoms with Gasteiger partial charge in [-0.2, -0.15) is 0 Å². The van der Waals surface area contributed by atoms with Gasteiger partial charge in [0.25, 0.3) is 0 Å². The Bertz CT molecular complexity index is 819. The molecule has 1 saturated heterocycles. The highest BCUT2D eigenvalue weighted by molar-refractivity contribution is 5.29. The van der Waals surface area contributed by atoms with Crippen LogP contribution in [0, 0.1) is 6.92 Å². The third-order valence-corrected chi connectivity index (χ3v) is 5.42. The minimum Gasteiger partial charge on any atom is -0.367 e. The van der Waals surface area contributed by atoms with E-state index in [0.29, 0.717) is 0 Å². The highest BCUT2D eigenvalue weighted by Gasteiger charge is 2.19. The predicted molar refractivity (Wildman–Crippen MR) is 114 cm³/mol. The van der Waals surface area contributed by atoms with Gasteiger partial charge in [0, 0.05) is 38.8 Å². The Hall–Kier alpha value is -2.47. The molecule has 3 aromatic rings. The minimum atomic E-state index is -0.0200. The summed E-state index contributed by atoms with van der Waals surface area (Å²) in [5, 5.41) is 3.98. The van der Waals surface area contributed by atoms with Gasteiger partial charge in [0.15, 0.2) is 5.76 Å². The quantitative estimate of drug-likeness (QED) is 0.582. The van der Waals surface area contributed by atoms with Gasteiger partial charge in [0.05, 0.1) is 18.8 Å². The average molecular weight is 392 g/mol. The molecule has 0 radical (unpaired) electrons. The Kier molecular flexibility index (Phi) is 6.72. The van der Waals surface area contributed by atoms with E-state index in [1.54, 1.807) is 0 Å². The van der Waals surface area contributed by atoms with Gasteiger partial charge in [0.2, 0.25) is 0 Å². The van der Waals surface area contributed by atoms with E-state index in [-0.39, 0.29) is 6.10 Å². The number of hydrogen-bond donors (Lipinski definition) is 0. The van der Waals surface area contributed by atoms with Crippen LogP contribution >= 0.6 is 0 Å².